The highest BCUT2D eigenvalue weighted by atomic mass is 32.2. The number of hydrogen-bond acceptors (Lipinski definition) is 2. The lowest BCUT2D eigenvalue weighted by atomic mass is 10.1. The molecule has 1 aromatic rings. The molecule has 1 nitrogen and oxygen atoms in total. The summed E-state index contributed by atoms with van der Waals surface area (Å²) in [6, 6.07) is 9.69. The molecule has 1 aliphatic rings. The lowest BCUT2D eigenvalue weighted by molar-refractivity contribution is 0.617. The Morgan fingerprint density at radius 1 is 1.28 bits per heavy atom. The van der Waals surface area contributed by atoms with Crippen molar-refractivity contribution < 1.29 is 0 Å². The maximum Gasteiger partial charge on any atom is 0.0377 e. The molecule has 1 fully saturated rings. The van der Waals surface area contributed by atoms with E-state index in [1.165, 1.54) is 49.1 Å². The van der Waals surface area contributed by atoms with E-state index in [1.807, 2.05) is 0 Å². The summed E-state index contributed by atoms with van der Waals surface area (Å²) in [5.74, 6) is 1.33. The van der Waals surface area contributed by atoms with E-state index < -0.39 is 0 Å². The van der Waals surface area contributed by atoms with Gasteiger partial charge in [0.1, 0.15) is 0 Å². The number of nitrogens with one attached hydrogen (secondary N) is 1. The van der Waals surface area contributed by atoms with Gasteiger partial charge in [0.2, 0.25) is 0 Å². The van der Waals surface area contributed by atoms with Gasteiger partial charge >= 0.3 is 0 Å². The van der Waals surface area contributed by atoms with E-state index >= 15 is 0 Å². The third kappa shape index (κ3) is 3.94. The third-order valence-corrected chi connectivity index (χ3v) is 5.11. The highest BCUT2D eigenvalue weighted by molar-refractivity contribution is 8.00. The molecule has 0 aromatic heterocycles. The van der Waals surface area contributed by atoms with Crippen LogP contribution in [0.15, 0.2) is 24.3 Å². The Balaban J connectivity index is 1.89. The topological polar surface area (TPSA) is 12.0 Å². The Morgan fingerprint density at radius 2 is 2.06 bits per heavy atom. The molecule has 1 aliphatic heterocycles. The second-order valence-corrected chi connectivity index (χ2v) is 6.75. The maximum atomic E-state index is 3.69. The predicted molar refractivity (Wildman–Crippen MR) is 83.6 cm³/mol. The largest absolute Gasteiger partial charge is 0.381 e. The molecular weight excluding hydrogens is 238 g/mol. The number of aryl methyl sites for hydroxylation is 1. The first-order valence-electron chi connectivity index (χ1n) is 7.26. The van der Waals surface area contributed by atoms with Crippen LogP contribution in [0.1, 0.15) is 45.1 Å². The molecule has 0 radical (unpaired) electrons. The lowest BCUT2D eigenvalue weighted by Gasteiger charge is -2.30. The molecular formula is C16H25NS. The molecule has 2 atom stereocenters. The predicted octanol–water partition coefficient (Wildman–Crippen LogP) is 4.73. The average molecular weight is 263 g/mol. The van der Waals surface area contributed by atoms with Gasteiger partial charge in [0, 0.05) is 17.0 Å². The molecule has 2 rings (SSSR count). The zero-order valence-electron chi connectivity index (χ0n) is 11.6. The van der Waals surface area contributed by atoms with Crippen molar-refractivity contribution in [3.63, 3.8) is 0 Å². The molecule has 100 valence electrons. The highest BCUT2D eigenvalue weighted by Gasteiger charge is 2.21. The monoisotopic (exact) mass is 263 g/mol. The summed E-state index contributed by atoms with van der Waals surface area (Å²) in [6.45, 7) is 4.59. The van der Waals surface area contributed by atoms with E-state index in [0.29, 0.717) is 6.04 Å². The van der Waals surface area contributed by atoms with Crippen LogP contribution >= 0.6 is 11.8 Å². The number of hydrogen-bond donors (Lipinski definition) is 1. The van der Waals surface area contributed by atoms with Crippen LogP contribution in [-0.2, 0) is 6.42 Å². The summed E-state index contributed by atoms with van der Waals surface area (Å²) in [5.41, 5.74) is 2.75. The van der Waals surface area contributed by atoms with E-state index in [9.17, 15) is 0 Å². The van der Waals surface area contributed by atoms with Gasteiger partial charge in [-0.25, -0.2) is 0 Å². The van der Waals surface area contributed by atoms with Gasteiger partial charge in [0.15, 0.2) is 0 Å². The first-order valence-corrected chi connectivity index (χ1v) is 8.31. The third-order valence-electron chi connectivity index (χ3n) is 3.73. The second-order valence-electron chi connectivity index (χ2n) is 5.27. The molecule has 0 spiro atoms. The number of rotatable bonds is 5. The zero-order chi connectivity index (χ0) is 12.8. The van der Waals surface area contributed by atoms with Gasteiger partial charge in [0.25, 0.3) is 0 Å². The lowest BCUT2D eigenvalue weighted by Crippen LogP contribution is -2.32. The van der Waals surface area contributed by atoms with Crippen LogP contribution in [0.3, 0.4) is 0 Å². The molecule has 2 unspecified atom stereocenters. The van der Waals surface area contributed by atoms with Crippen LogP contribution in [0.5, 0.6) is 0 Å². The van der Waals surface area contributed by atoms with Gasteiger partial charge in [0.05, 0.1) is 0 Å². The molecule has 0 bridgehead atoms. The Morgan fingerprint density at radius 3 is 2.72 bits per heavy atom. The molecule has 2 heteroatoms. The quantitative estimate of drug-likeness (QED) is 0.824. The fraction of sp³-hybridized carbons (Fsp3) is 0.625. The summed E-state index contributed by atoms with van der Waals surface area (Å²) in [5, 5.41) is 4.43. The van der Waals surface area contributed by atoms with Crippen LogP contribution in [-0.4, -0.2) is 17.0 Å². The van der Waals surface area contributed by atoms with Crippen LogP contribution in [0.2, 0.25) is 0 Å². The molecule has 0 saturated carbocycles. The van der Waals surface area contributed by atoms with Gasteiger partial charge in [-0.15, -0.1) is 0 Å². The smallest absolute Gasteiger partial charge is 0.0377 e. The first-order chi connectivity index (χ1) is 8.79. The molecule has 1 aromatic carbocycles. The maximum absolute atomic E-state index is 3.69. The van der Waals surface area contributed by atoms with E-state index in [4.69, 9.17) is 0 Å². The minimum Gasteiger partial charge on any atom is -0.381 e. The number of thioether (sulfide) groups is 1. The van der Waals surface area contributed by atoms with Crippen molar-refractivity contribution in [2.75, 3.05) is 11.1 Å². The van der Waals surface area contributed by atoms with Crippen LogP contribution in [0, 0.1) is 0 Å². The van der Waals surface area contributed by atoms with E-state index in [-0.39, 0.29) is 0 Å². The first kappa shape index (κ1) is 13.8. The highest BCUT2D eigenvalue weighted by Crippen LogP contribution is 2.27. The Labute approximate surface area is 116 Å². The van der Waals surface area contributed by atoms with Crippen molar-refractivity contribution in [3.05, 3.63) is 29.8 Å². The molecule has 18 heavy (non-hydrogen) atoms. The van der Waals surface area contributed by atoms with E-state index in [0.717, 1.165) is 5.25 Å². The molecule has 0 aliphatic carbocycles. The molecule has 1 saturated heterocycles. The second kappa shape index (κ2) is 7.08. The van der Waals surface area contributed by atoms with Gasteiger partial charge in [-0.2, -0.15) is 11.8 Å². The Bertz CT molecular complexity index is 347. The van der Waals surface area contributed by atoms with Crippen LogP contribution in [0.4, 0.5) is 5.69 Å². The van der Waals surface area contributed by atoms with Crippen molar-refractivity contribution in [1.82, 2.24) is 0 Å². The standard InChI is InChI=1S/C16H25NS/c1-3-4-6-14-8-10-15(11-9-14)17-16-7-5-12-18-13(16)2/h8-11,13,16-17H,3-7,12H2,1-2H3. The van der Waals surface area contributed by atoms with Crippen molar-refractivity contribution >= 4 is 17.4 Å². The molecule has 1 heterocycles. The van der Waals surface area contributed by atoms with Crippen molar-refractivity contribution in [1.29, 1.82) is 0 Å². The summed E-state index contributed by atoms with van der Waals surface area (Å²) >= 11 is 2.10. The zero-order valence-corrected chi connectivity index (χ0v) is 12.4. The summed E-state index contributed by atoms with van der Waals surface area (Å²) in [6.07, 6.45) is 6.44. The number of anilines is 1. The van der Waals surface area contributed by atoms with E-state index in [2.05, 4.69) is 55.2 Å². The van der Waals surface area contributed by atoms with Gasteiger partial charge in [-0.05, 0) is 49.1 Å². The van der Waals surface area contributed by atoms with Gasteiger partial charge in [-0.1, -0.05) is 32.4 Å². The molecule has 1 N–H and O–H groups in total. The summed E-state index contributed by atoms with van der Waals surface area (Å²) in [7, 11) is 0. The normalized spacial score (nSPS) is 23.9. The fourth-order valence-electron chi connectivity index (χ4n) is 2.48. The number of unbranched alkanes of at least 4 members (excludes halogenated alkanes) is 1. The number of benzene rings is 1. The minimum atomic E-state index is 0.644. The minimum absolute atomic E-state index is 0.644. The van der Waals surface area contributed by atoms with E-state index in [1.54, 1.807) is 0 Å². The van der Waals surface area contributed by atoms with Gasteiger partial charge in [-0.3, -0.25) is 0 Å². The van der Waals surface area contributed by atoms with Crippen molar-refractivity contribution in [3.8, 4) is 0 Å². The fourth-order valence-corrected chi connectivity index (χ4v) is 3.62. The van der Waals surface area contributed by atoms with Crippen molar-refractivity contribution in [2.45, 2.75) is 57.2 Å². The Kier molecular flexibility index (Phi) is 5.43. The summed E-state index contributed by atoms with van der Waals surface area (Å²) < 4.78 is 0. The summed E-state index contributed by atoms with van der Waals surface area (Å²) in [4.78, 5) is 0. The molecule has 0 amide bonds. The van der Waals surface area contributed by atoms with Crippen LogP contribution in [0.25, 0.3) is 0 Å². The average Bonchev–Trinajstić information content (AvgIpc) is 2.41. The SMILES string of the molecule is CCCCc1ccc(NC2CCCSC2C)cc1. The van der Waals surface area contributed by atoms with Gasteiger partial charge < -0.3 is 5.32 Å². The van der Waals surface area contributed by atoms with Crippen molar-refractivity contribution in [2.24, 2.45) is 0 Å². The van der Waals surface area contributed by atoms with Crippen LogP contribution < -0.4 is 5.32 Å². The Hall–Kier alpha value is -0.630.